The number of benzene rings is 1. The fourth-order valence-corrected chi connectivity index (χ4v) is 5.36. The molecule has 3 heterocycles. The van der Waals surface area contributed by atoms with E-state index < -0.39 is 0 Å². The SMILES string of the molecule is C=CCCC(=O)N1CCOc2c(cc(-c3ccc(C)s3)cc2OCCc2scnc2C)C1. The molecule has 7 heteroatoms. The predicted molar refractivity (Wildman–Crippen MR) is 131 cm³/mol. The first-order chi connectivity index (χ1) is 15.5. The van der Waals surface area contributed by atoms with Crippen LogP contribution in [-0.2, 0) is 17.8 Å². The van der Waals surface area contributed by atoms with Crippen molar-refractivity contribution in [3.8, 4) is 21.9 Å². The molecule has 1 aliphatic heterocycles. The van der Waals surface area contributed by atoms with Crippen LogP contribution in [0.15, 0.2) is 42.4 Å². The van der Waals surface area contributed by atoms with Gasteiger partial charge in [-0.05, 0) is 50.1 Å². The maximum atomic E-state index is 12.7. The Balaban J connectivity index is 1.62. The molecule has 168 valence electrons. The highest BCUT2D eigenvalue weighted by Crippen LogP contribution is 2.40. The Bertz CT molecular complexity index is 1100. The zero-order chi connectivity index (χ0) is 22.5. The Hall–Kier alpha value is -2.64. The normalized spacial score (nSPS) is 13.2. The molecule has 0 spiro atoms. The van der Waals surface area contributed by atoms with Crippen LogP contribution in [0, 0.1) is 13.8 Å². The zero-order valence-corrected chi connectivity index (χ0v) is 20.2. The second-order valence-corrected chi connectivity index (χ2v) is 10.1. The molecule has 0 unspecified atom stereocenters. The van der Waals surface area contributed by atoms with Gasteiger partial charge in [0.1, 0.15) is 6.61 Å². The molecule has 0 N–H and O–H groups in total. The van der Waals surface area contributed by atoms with E-state index in [1.165, 1.54) is 14.6 Å². The first-order valence-corrected chi connectivity index (χ1v) is 12.5. The van der Waals surface area contributed by atoms with Crippen molar-refractivity contribution in [3.63, 3.8) is 0 Å². The summed E-state index contributed by atoms with van der Waals surface area (Å²) < 4.78 is 12.4. The zero-order valence-electron chi connectivity index (χ0n) is 18.6. The number of carbonyl (C=O) groups is 1. The van der Waals surface area contributed by atoms with Crippen molar-refractivity contribution in [2.45, 2.75) is 39.7 Å². The van der Waals surface area contributed by atoms with Crippen LogP contribution in [0.1, 0.15) is 33.9 Å². The molecule has 2 aromatic heterocycles. The van der Waals surface area contributed by atoms with Crippen LogP contribution < -0.4 is 9.47 Å². The number of aryl methyl sites for hydroxylation is 2. The minimum Gasteiger partial charge on any atom is -0.489 e. The van der Waals surface area contributed by atoms with Gasteiger partial charge in [-0.15, -0.1) is 29.3 Å². The molecule has 1 aromatic carbocycles. The van der Waals surface area contributed by atoms with Gasteiger partial charge in [0.2, 0.25) is 5.91 Å². The van der Waals surface area contributed by atoms with Gasteiger partial charge in [0.05, 0.1) is 24.4 Å². The number of hydrogen-bond acceptors (Lipinski definition) is 6. The van der Waals surface area contributed by atoms with Crippen LogP contribution in [0.2, 0.25) is 0 Å². The van der Waals surface area contributed by atoms with Crippen molar-refractivity contribution in [2.75, 3.05) is 19.8 Å². The number of hydrogen-bond donors (Lipinski definition) is 0. The van der Waals surface area contributed by atoms with E-state index in [0.717, 1.165) is 34.7 Å². The summed E-state index contributed by atoms with van der Waals surface area (Å²) in [6.45, 7) is 9.95. The van der Waals surface area contributed by atoms with Gasteiger partial charge in [-0.1, -0.05) is 6.08 Å². The molecule has 0 aliphatic carbocycles. The number of amides is 1. The van der Waals surface area contributed by atoms with Crippen LogP contribution in [0.25, 0.3) is 10.4 Å². The van der Waals surface area contributed by atoms with Gasteiger partial charge in [0.25, 0.3) is 0 Å². The average molecular weight is 469 g/mol. The third-order valence-corrected chi connectivity index (χ3v) is 7.52. The highest BCUT2D eigenvalue weighted by atomic mass is 32.1. The molecule has 32 heavy (non-hydrogen) atoms. The van der Waals surface area contributed by atoms with E-state index in [4.69, 9.17) is 9.47 Å². The first-order valence-electron chi connectivity index (χ1n) is 10.8. The number of thiazole rings is 1. The molecule has 0 saturated heterocycles. The number of carbonyl (C=O) groups excluding carboxylic acids is 1. The van der Waals surface area contributed by atoms with Crippen LogP contribution in [-0.4, -0.2) is 35.5 Å². The summed E-state index contributed by atoms with van der Waals surface area (Å²) in [5, 5.41) is 0. The summed E-state index contributed by atoms with van der Waals surface area (Å²) in [6, 6.07) is 8.47. The van der Waals surface area contributed by atoms with Gasteiger partial charge in [0, 0.05) is 39.6 Å². The molecular formula is C25H28N2O3S2. The molecule has 1 aliphatic rings. The van der Waals surface area contributed by atoms with E-state index in [9.17, 15) is 4.79 Å². The Morgan fingerprint density at radius 2 is 2.22 bits per heavy atom. The fourth-order valence-electron chi connectivity index (χ4n) is 3.74. The van der Waals surface area contributed by atoms with Crippen molar-refractivity contribution < 1.29 is 14.3 Å². The number of allylic oxidation sites excluding steroid dienone is 1. The average Bonchev–Trinajstić information content (AvgIpc) is 3.33. The summed E-state index contributed by atoms with van der Waals surface area (Å²) in [6.07, 6.45) is 3.75. The maximum absolute atomic E-state index is 12.7. The molecule has 5 nitrogen and oxygen atoms in total. The van der Waals surface area contributed by atoms with Crippen LogP contribution >= 0.6 is 22.7 Å². The Labute approximate surface area is 197 Å². The fraction of sp³-hybridized carbons (Fsp3) is 0.360. The molecule has 0 radical (unpaired) electrons. The van der Waals surface area contributed by atoms with Gasteiger partial charge in [0.15, 0.2) is 11.5 Å². The summed E-state index contributed by atoms with van der Waals surface area (Å²) >= 11 is 3.41. The molecular weight excluding hydrogens is 440 g/mol. The Kier molecular flexibility index (Phi) is 7.27. The smallest absolute Gasteiger partial charge is 0.223 e. The third kappa shape index (κ3) is 5.22. The van der Waals surface area contributed by atoms with Crippen LogP contribution in [0.3, 0.4) is 0 Å². The van der Waals surface area contributed by atoms with E-state index in [-0.39, 0.29) is 5.91 Å². The van der Waals surface area contributed by atoms with E-state index in [1.54, 1.807) is 28.7 Å². The number of fused-ring (bicyclic) bond motifs is 1. The van der Waals surface area contributed by atoms with Gasteiger partial charge in [-0.2, -0.15) is 0 Å². The van der Waals surface area contributed by atoms with E-state index in [0.29, 0.717) is 39.1 Å². The number of rotatable bonds is 8. The number of ether oxygens (including phenoxy) is 2. The standard InChI is InChI=1S/C25H28N2O3S2/c1-4-5-6-24(28)27-10-12-30-25-20(15-27)13-19(23-8-7-17(2)32-23)14-21(25)29-11-9-22-18(3)26-16-31-22/h4,7-8,13-14,16H,1,5-6,9-12,15H2,2-3H3. The molecule has 3 aromatic rings. The minimum atomic E-state index is 0.127. The molecule has 0 bridgehead atoms. The lowest BCUT2D eigenvalue weighted by atomic mass is 10.1. The lowest BCUT2D eigenvalue weighted by Gasteiger charge is -2.20. The molecule has 1 amide bonds. The third-order valence-electron chi connectivity index (χ3n) is 5.47. The molecule has 0 fully saturated rings. The van der Waals surface area contributed by atoms with Gasteiger partial charge >= 0.3 is 0 Å². The second kappa shape index (κ2) is 10.3. The Morgan fingerprint density at radius 3 is 2.94 bits per heavy atom. The Morgan fingerprint density at radius 1 is 1.34 bits per heavy atom. The van der Waals surface area contributed by atoms with E-state index >= 15 is 0 Å². The highest BCUT2D eigenvalue weighted by molar-refractivity contribution is 7.15. The quantitative estimate of drug-likeness (QED) is 0.392. The topological polar surface area (TPSA) is 51.7 Å². The van der Waals surface area contributed by atoms with Gasteiger partial charge in [-0.25, -0.2) is 4.98 Å². The van der Waals surface area contributed by atoms with Crippen molar-refractivity contribution in [1.82, 2.24) is 9.88 Å². The number of nitrogens with zero attached hydrogens (tertiary/aromatic N) is 2. The largest absolute Gasteiger partial charge is 0.489 e. The summed E-state index contributed by atoms with van der Waals surface area (Å²) in [5.74, 6) is 1.62. The predicted octanol–water partition coefficient (Wildman–Crippen LogP) is 5.80. The van der Waals surface area contributed by atoms with Crippen LogP contribution in [0.5, 0.6) is 11.5 Å². The maximum Gasteiger partial charge on any atom is 0.223 e. The molecule has 0 saturated carbocycles. The lowest BCUT2D eigenvalue weighted by molar-refractivity contribution is -0.131. The lowest BCUT2D eigenvalue weighted by Crippen LogP contribution is -2.32. The number of aromatic nitrogens is 1. The summed E-state index contributed by atoms with van der Waals surface area (Å²) in [4.78, 5) is 22.6. The van der Waals surface area contributed by atoms with Gasteiger partial charge in [-0.3, -0.25) is 4.79 Å². The van der Waals surface area contributed by atoms with Crippen LogP contribution in [0.4, 0.5) is 0 Å². The van der Waals surface area contributed by atoms with Gasteiger partial charge < -0.3 is 14.4 Å². The monoisotopic (exact) mass is 468 g/mol. The molecule has 4 rings (SSSR count). The first kappa shape index (κ1) is 22.6. The highest BCUT2D eigenvalue weighted by Gasteiger charge is 2.23. The van der Waals surface area contributed by atoms with E-state index in [1.807, 2.05) is 17.3 Å². The van der Waals surface area contributed by atoms with Crippen molar-refractivity contribution in [2.24, 2.45) is 0 Å². The molecule has 0 atom stereocenters. The van der Waals surface area contributed by atoms with Crippen molar-refractivity contribution in [1.29, 1.82) is 0 Å². The number of thiophene rings is 1. The summed E-state index contributed by atoms with van der Waals surface area (Å²) in [5.41, 5.74) is 5.01. The van der Waals surface area contributed by atoms with Crippen molar-refractivity contribution in [3.05, 3.63) is 63.4 Å². The second-order valence-electron chi connectivity index (χ2n) is 7.82. The minimum absolute atomic E-state index is 0.127. The van der Waals surface area contributed by atoms with Crippen molar-refractivity contribution >= 4 is 28.6 Å². The summed E-state index contributed by atoms with van der Waals surface area (Å²) in [7, 11) is 0. The van der Waals surface area contributed by atoms with E-state index in [2.05, 4.69) is 42.8 Å².